The Morgan fingerprint density at radius 2 is 1.69 bits per heavy atom. The van der Waals surface area contributed by atoms with Crippen LogP contribution < -0.4 is 5.73 Å². The zero-order valence-corrected chi connectivity index (χ0v) is 8.64. The Labute approximate surface area is 81.0 Å². The molecule has 1 aromatic rings. The second-order valence-corrected chi connectivity index (χ2v) is 3.62. The fraction of sp³-hybridized carbons (Fsp3) is 0.500. The number of nitrogens with two attached hydrogens (primary N) is 1. The van der Waals surface area contributed by atoms with Gasteiger partial charge in [-0.1, -0.05) is 18.2 Å². The molecule has 1 nitrogen and oxygen atoms in total. The van der Waals surface area contributed by atoms with Gasteiger partial charge < -0.3 is 5.73 Å². The van der Waals surface area contributed by atoms with Crippen molar-refractivity contribution < 1.29 is 0 Å². The van der Waals surface area contributed by atoms with E-state index in [0.29, 0.717) is 0 Å². The Kier molecular flexibility index (Phi) is 3.97. The Bertz CT molecular complexity index is 246. The van der Waals surface area contributed by atoms with Crippen molar-refractivity contribution >= 4 is 0 Å². The number of hydrogen-bond acceptors (Lipinski definition) is 1. The number of benzene rings is 1. The van der Waals surface area contributed by atoms with Gasteiger partial charge in [0.1, 0.15) is 0 Å². The van der Waals surface area contributed by atoms with E-state index in [-0.39, 0.29) is 0 Å². The summed E-state index contributed by atoms with van der Waals surface area (Å²) in [4.78, 5) is 0. The SMILES string of the molecule is Cc1cccc(C)c1CCCCN. The Morgan fingerprint density at radius 1 is 1.08 bits per heavy atom. The van der Waals surface area contributed by atoms with E-state index in [0.717, 1.165) is 13.0 Å². The van der Waals surface area contributed by atoms with E-state index in [1.54, 1.807) is 0 Å². The highest BCUT2D eigenvalue weighted by molar-refractivity contribution is 5.33. The van der Waals surface area contributed by atoms with Crippen molar-refractivity contribution in [1.82, 2.24) is 0 Å². The van der Waals surface area contributed by atoms with Crippen molar-refractivity contribution in [3.05, 3.63) is 34.9 Å². The second kappa shape index (κ2) is 5.03. The Morgan fingerprint density at radius 3 is 2.23 bits per heavy atom. The third kappa shape index (κ3) is 2.85. The molecule has 0 bridgehead atoms. The van der Waals surface area contributed by atoms with Crippen LogP contribution in [0.1, 0.15) is 29.5 Å². The second-order valence-electron chi connectivity index (χ2n) is 3.62. The van der Waals surface area contributed by atoms with Crippen LogP contribution in [0, 0.1) is 13.8 Å². The molecule has 0 spiro atoms. The summed E-state index contributed by atoms with van der Waals surface area (Å²) in [6.07, 6.45) is 3.52. The molecule has 0 saturated heterocycles. The van der Waals surface area contributed by atoms with E-state index in [1.165, 1.54) is 29.5 Å². The highest BCUT2D eigenvalue weighted by Gasteiger charge is 2.00. The van der Waals surface area contributed by atoms with Gasteiger partial charge in [0.25, 0.3) is 0 Å². The lowest BCUT2D eigenvalue weighted by atomic mass is 9.98. The highest BCUT2D eigenvalue weighted by atomic mass is 14.5. The normalized spacial score (nSPS) is 10.4. The fourth-order valence-corrected chi connectivity index (χ4v) is 1.69. The molecule has 0 amide bonds. The van der Waals surface area contributed by atoms with Crippen LogP contribution >= 0.6 is 0 Å². The summed E-state index contributed by atoms with van der Waals surface area (Å²) in [5, 5.41) is 0. The fourth-order valence-electron chi connectivity index (χ4n) is 1.69. The van der Waals surface area contributed by atoms with Crippen molar-refractivity contribution in [3.8, 4) is 0 Å². The lowest BCUT2D eigenvalue weighted by Crippen LogP contribution is -2.00. The van der Waals surface area contributed by atoms with Gasteiger partial charge in [0, 0.05) is 0 Å². The van der Waals surface area contributed by atoms with Crippen molar-refractivity contribution in [2.45, 2.75) is 33.1 Å². The molecular formula is C12H19N. The first kappa shape index (κ1) is 10.3. The van der Waals surface area contributed by atoms with Crippen molar-refractivity contribution in [3.63, 3.8) is 0 Å². The van der Waals surface area contributed by atoms with Gasteiger partial charge in [0.15, 0.2) is 0 Å². The van der Waals surface area contributed by atoms with Crippen molar-refractivity contribution in [2.24, 2.45) is 5.73 Å². The molecule has 0 saturated carbocycles. The van der Waals surface area contributed by atoms with E-state index in [9.17, 15) is 0 Å². The Balaban J connectivity index is 2.64. The van der Waals surface area contributed by atoms with E-state index >= 15 is 0 Å². The van der Waals surface area contributed by atoms with Crippen LogP contribution in [0.2, 0.25) is 0 Å². The number of unbranched alkanes of at least 4 members (excludes halogenated alkanes) is 1. The summed E-state index contributed by atoms with van der Waals surface area (Å²) < 4.78 is 0. The molecule has 13 heavy (non-hydrogen) atoms. The van der Waals surface area contributed by atoms with Crippen LogP contribution in [-0.2, 0) is 6.42 Å². The molecule has 72 valence electrons. The van der Waals surface area contributed by atoms with Gasteiger partial charge in [-0.2, -0.15) is 0 Å². The number of aryl methyl sites for hydroxylation is 2. The minimum Gasteiger partial charge on any atom is -0.330 e. The summed E-state index contributed by atoms with van der Waals surface area (Å²) in [6, 6.07) is 6.49. The van der Waals surface area contributed by atoms with Gasteiger partial charge >= 0.3 is 0 Å². The van der Waals surface area contributed by atoms with E-state index in [1.807, 2.05) is 0 Å². The summed E-state index contributed by atoms with van der Waals surface area (Å²) in [5.41, 5.74) is 9.81. The lowest BCUT2D eigenvalue weighted by molar-refractivity contribution is 0.740. The topological polar surface area (TPSA) is 26.0 Å². The maximum Gasteiger partial charge on any atom is -0.00772 e. The lowest BCUT2D eigenvalue weighted by Gasteiger charge is -2.08. The van der Waals surface area contributed by atoms with Gasteiger partial charge in [0.05, 0.1) is 0 Å². The van der Waals surface area contributed by atoms with Gasteiger partial charge in [0.2, 0.25) is 0 Å². The van der Waals surface area contributed by atoms with Crippen LogP contribution in [0.4, 0.5) is 0 Å². The monoisotopic (exact) mass is 177 g/mol. The summed E-state index contributed by atoms with van der Waals surface area (Å²) in [6.45, 7) is 5.18. The van der Waals surface area contributed by atoms with Gasteiger partial charge in [-0.05, 0) is 56.3 Å². The first-order valence-corrected chi connectivity index (χ1v) is 5.01. The minimum atomic E-state index is 0.810. The predicted octanol–water partition coefficient (Wildman–Crippen LogP) is 2.58. The van der Waals surface area contributed by atoms with Crippen LogP contribution in [0.3, 0.4) is 0 Å². The molecule has 1 heteroatoms. The Hall–Kier alpha value is -0.820. The standard InChI is InChI=1S/C12H19N/c1-10-6-5-7-11(2)12(10)8-3-4-9-13/h5-7H,3-4,8-9,13H2,1-2H3. The smallest absolute Gasteiger partial charge is 0.00772 e. The van der Waals surface area contributed by atoms with Crippen LogP contribution in [-0.4, -0.2) is 6.54 Å². The highest BCUT2D eigenvalue weighted by Crippen LogP contribution is 2.15. The van der Waals surface area contributed by atoms with Crippen molar-refractivity contribution in [1.29, 1.82) is 0 Å². The molecule has 1 rings (SSSR count). The molecule has 0 heterocycles. The molecular weight excluding hydrogens is 158 g/mol. The largest absolute Gasteiger partial charge is 0.330 e. The van der Waals surface area contributed by atoms with Crippen LogP contribution in [0.25, 0.3) is 0 Å². The average molecular weight is 177 g/mol. The molecule has 0 atom stereocenters. The van der Waals surface area contributed by atoms with Gasteiger partial charge in [-0.15, -0.1) is 0 Å². The molecule has 0 aliphatic heterocycles. The molecule has 0 radical (unpaired) electrons. The first-order chi connectivity index (χ1) is 6.25. The third-order valence-corrected chi connectivity index (χ3v) is 2.53. The first-order valence-electron chi connectivity index (χ1n) is 5.01. The number of hydrogen-bond donors (Lipinski definition) is 1. The minimum absolute atomic E-state index is 0.810. The van der Waals surface area contributed by atoms with E-state index in [2.05, 4.69) is 32.0 Å². The summed E-state index contributed by atoms with van der Waals surface area (Å²) in [7, 11) is 0. The zero-order valence-electron chi connectivity index (χ0n) is 8.64. The molecule has 0 aliphatic rings. The third-order valence-electron chi connectivity index (χ3n) is 2.53. The van der Waals surface area contributed by atoms with Crippen LogP contribution in [0.15, 0.2) is 18.2 Å². The van der Waals surface area contributed by atoms with E-state index < -0.39 is 0 Å². The van der Waals surface area contributed by atoms with Crippen molar-refractivity contribution in [2.75, 3.05) is 6.54 Å². The molecule has 0 aliphatic carbocycles. The summed E-state index contributed by atoms with van der Waals surface area (Å²) in [5.74, 6) is 0. The molecule has 1 aromatic carbocycles. The average Bonchev–Trinajstić information content (AvgIpc) is 2.10. The molecule has 2 N–H and O–H groups in total. The molecule has 0 aromatic heterocycles. The maximum atomic E-state index is 5.47. The van der Waals surface area contributed by atoms with Gasteiger partial charge in [-0.25, -0.2) is 0 Å². The van der Waals surface area contributed by atoms with Gasteiger partial charge in [-0.3, -0.25) is 0 Å². The molecule has 0 fully saturated rings. The van der Waals surface area contributed by atoms with Crippen LogP contribution in [0.5, 0.6) is 0 Å². The maximum absolute atomic E-state index is 5.47. The summed E-state index contributed by atoms with van der Waals surface area (Å²) >= 11 is 0. The van der Waals surface area contributed by atoms with E-state index in [4.69, 9.17) is 5.73 Å². The zero-order chi connectivity index (χ0) is 9.68. The number of rotatable bonds is 4. The predicted molar refractivity (Wildman–Crippen MR) is 57.9 cm³/mol. The molecule has 0 unspecified atom stereocenters. The quantitative estimate of drug-likeness (QED) is 0.703.